The average Bonchev–Trinajstić information content (AvgIpc) is 3.65. The van der Waals surface area contributed by atoms with Gasteiger partial charge in [0, 0.05) is 47.2 Å². The molecule has 2 fully saturated rings. The zero-order chi connectivity index (χ0) is 28.2. The van der Waals surface area contributed by atoms with Crippen LogP contribution in [0.5, 0.6) is 11.8 Å². The predicted octanol–water partition coefficient (Wildman–Crippen LogP) is 5.41. The Kier molecular flexibility index (Phi) is 6.71. The van der Waals surface area contributed by atoms with Gasteiger partial charge >= 0.3 is 6.01 Å². The largest absolute Gasteiger partial charge is 0.508 e. The lowest BCUT2D eigenvalue weighted by Gasteiger charge is -2.37. The molecule has 10 heteroatoms. The monoisotopic (exact) mass is 565 g/mol. The number of anilines is 1. The molecule has 2 N–H and O–H groups in total. The number of pyridine rings is 1. The molecular weight excluding hydrogens is 533 g/mol. The van der Waals surface area contributed by atoms with Gasteiger partial charge in [-0.1, -0.05) is 23.7 Å². The van der Waals surface area contributed by atoms with Crippen molar-refractivity contribution in [3.05, 3.63) is 47.4 Å². The molecule has 2 aromatic carbocycles. The van der Waals surface area contributed by atoms with Gasteiger partial charge in [-0.15, -0.1) is 0 Å². The highest BCUT2D eigenvalue weighted by atomic mass is 35.5. The minimum atomic E-state index is -0.899. The van der Waals surface area contributed by atoms with Crippen LogP contribution >= 0.6 is 11.6 Å². The van der Waals surface area contributed by atoms with Crippen LogP contribution in [-0.4, -0.2) is 76.0 Å². The number of hydrogen-bond donors (Lipinski definition) is 2. The molecule has 1 saturated heterocycles. The third kappa shape index (κ3) is 5.13. The van der Waals surface area contributed by atoms with E-state index in [2.05, 4.69) is 14.9 Å². The first-order valence-corrected chi connectivity index (χ1v) is 13.9. The highest BCUT2D eigenvalue weighted by molar-refractivity contribution is 6.36. The van der Waals surface area contributed by atoms with Gasteiger partial charge in [-0.05, 0) is 70.3 Å². The van der Waals surface area contributed by atoms with Crippen LogP contribution in [0.25, 0.3) is 32.9 Å². The predicted molar refractivity (Wildman–Crippen MR) is 155 cm³/mol. The van der Waals surface area contributed by atoms with E-state index in [0.29, 0.717) is 58.7 Å². The molecule has 0 radical (unpaired) electrons. The number of piperidine rings is 1. The minimum absolute atomic E-state index is 0.0222. The van der Waals surface area contributed by atoms with Crippen LogP contribution in [0.2, 0.25) is 5.02 Å². The number of phenolic OH excluding ortho intramolecular Hbond substituents is 1. The van der Waals surface area contributed by atoms with E-state index in [-0.39, 0.29) is 28.4 Å². The third-order valence-corrected chi connectivity index (χ3v) is 8.22. The van der Waals surface area contributed by atoms with Gasteiger partial charge in [0.05, 0.1) is 17.6 Å². The molecule has 210 valence electrons. The number of ether oxygens (including phenoxy) is 1. The van der Waals surface area contributed by atoms with E-state index in [1.54, 1.807) is 37.4 Å². The summed E-state index contributed by atoms with van der Waals surface area (Å²) < 4.78 is 22.6. The normalized spacial score (nSPS) is 20.4. The Morgan fingerprint density at radius 2 is 1.98 bits per heavy atom. The summed E-state index contributed by atoms with van der Waals surface area (Å²) in [6.07, 6.45) is 5.09. The smallest absolute Gasteiger partial charge is 0.319 e. The number of aromatic hydroxyl groups is 1. The van der Waals surface area contributed by atoms with Crippen LogP contribution in [0.15, 0.2) is 36.5 Å². The molecule has 40 heavy (non-hydrogen) atoms. The van der Waals surface area contributed by atoms with E-state index in [9.17, 15) is 10.2 Å². The Morgan fingerprint density at radius 1 is 1.18 bits per heavy atom. The van der Waals surface area contributed by atoms with Crippen molar-refractivity contribution in [1.29, 1.82) is 0 Å². The van der Waals surface area contributed by atoms with Crippen molar-refractivity contribution >= 4 is 39.1 Å². The summed E-state index contributed by atoms with van der Waals surface area (Å²) in [6.45, 7) is 4.11. The maximum atomic E-state index is 16.5. The standard InChI is InChI=1S/C30H33ClFN5O3/c1-29(39)8-5-11-37(15-29)27-21-14-33-25(20-13-19(38)12-18-6-4-7-22(31)23(18)20)24(32)26(21)34-28(35-27)40-17-30(9-10-30)16-36(2)3/h4,6-7,12-14,38-39H,5,8-11,15-17H2,1-3H3/t29-/m1/s1. The number of hydrogen-bond acceptors (Lipinski definition) is 8. The fourth-order valence-corrected chi connectivity index (χ4v) is 6.17. The van der Waals surface area contributed by atoms with E-state index in [1.807, 2.05) is 19.0 Å². The van der Waals surface area contributed by atoms with E-state index in [4.69, 9.17) is 21.3 Å². The maximum absolute atomic E-state index is 16.5. The first-order valence-electron chi connectivity index (χ1n) is 13.6. The molecule has 1 aliphatic carbocycles. The number of aliphatic hydroxyl groups is 1. The van der Waals surface area contributed by atoms with Crippen molar-refractivity contribution < 1.29 is 19.3 Å². The van der Waals surface area contributed by atoms with Crippen LogP contribution in [-0.2, 0) is 0 Å². The van der Waals surface area contributed by atoms with Crippen LogP contribution in [0.4, 0.5) is 10.2 Å². The Balaban J connectivity index is 1.49. The van der Waals surface area contributed by atoms with Crippen molar-refractivity contribution in [2.24, 2.45) is 5.41 Å². The summed E-state index contributed by atoms with van der Waals surface area (Å²) in [5.41, 5.74) is -0.406. The molecule has 0 bridgehead atoms. The summed E-state index contributed by atoms with van der Waals surface area (Å²) in [5, 5.41) is 23.3. The fourth-order valence-electron chi connectivity index (χ4n) is 5.88. The van der Waals surface area contributed by atoms with Crippen LogP contribution in [0.1, 0.15) is 32.6 Å². The molecule has 2 aliphatic rings. The molecule has 2 aromatic heterocycles. The van der Waals surface area contributed by atoms with Gasteiger partial charge in [-0.3, -0.25) is 4.98 Å². The summed E-state index contributed by atoms with van der Waals surface area (Å²) in [5.74, 6) is -0.199. The van der Waals surface area contributed by atoms with Gasteiger partial charge in [-0.2, -0.15) is 9.97 Å². The summed E-state index contributed by atoms with van der Waals surface area (Å²) in [4.78, 5) is 17.9. The number of rotatable bonds is 7. The zero-order valence-corrected chi connectivity index (χ0v) is 23.7. The molecule has 6 rings (SSSR count). The second-order valence-electron chi connectivity index (χ2n) is 11.9. The van der Waals surface area contributed by atoms with Gasteiger partial charge in [0.15, 0.2) is 5.82 Å². The van der Waals surface area contributed by atoms with E-state index < -0.39 is 11.4 Å². The molecule has 8 nitrogen and oxygen atoms in total. The number of phenols is 1. The highest BCUT2D eigenvalue weighted by Gasteiger charge is 2.44. The number of β-amino-alcohol motifs (C(OH)–C–C–N with tert-alkyl or cyclic N) is 1. The van der Waals surface area contributed by atoms with Crippen molar-refractivity contribution in [2.45, 2.75) is 38.2 Å². The number of aromatic nitrogens is 3. The van der Waals surface area contributed by atoms with Crippen molar-refractivity contribution in [3.8, 4) is 23.0 Å². The average molecular weight is 566 g/mol. The lowest BCUT2D eigenvalue weighted by Crippen LogP contribution is -2.46. The van der Waals surface area contributed by atoms with Crippen molar-refractivity contribution in [2.75, 3.05) is 45.2 Å². The van der Waals surface area contributed by atoms with Gasteiger partial charge < -0.3 is 24.7 Å². The van der Waals surface area contributed by atoms with E-state index >= 15 is 4.39 Å². The molecular formula is C30H33ClFN5O3. The molecule has 4 aromatic rings. The SMILES string of the molecule is CN(C)CC1(COc2nc(N3CCC[C@@](C)(O)C3)c3cnc(-c4cc(O)cc5cccc(Cl)c45)c(F)c3n2)CC1. The van der Waals surface area contributed by atoms with Gasteiger partial charge in [0.25, 0.3) is 0 Å². The lowest BCUT2D eigenvalue weighted by atomic mass is 9.95. The number of benzene rings is 2. The molecule has 3 heterocycles. The quantitative estimate of drug-likeness (QED) is 0.307. The molecule has 0 unspecified atom stereocenters. The lowest BCUT2D eigenvalue weighted by molar-refractivity contribution is 0.0447. The zero-order valence-electron chi connectivity index (χ0n) is 22.9. The van der Waals surface area contributed by atoms with Crippen LogP contribution in [0, 0.1) is 11.2 Å². The molecule has 0 spiro atoms. The fraction of sp³-hybridized carbons (Fsp3) is 0.433. The van der Waals surface area contributed by atoms with Gasteiger partial charge in [-0.25, -0.2) is 4.39 Å². The molecule has 1 atom stereocenters. The van der Waals surface area contributed by atoms with Crippen LogP contribution in [0.3, 0.4) is 0 Å². The first kappa shape index (κ1) is 26.9. The third-order valence-electron chi connectivity index (χ3n) is 7.90. The summed E-state index contributed by atoms with van der Waals surface area (Å²) in [7, 11) is 4.07. The first-order chi connectivity index (χ1) is 19.0. The Morgan fingerprint density at radius 3 is 2.70 bits per heavy atom. The minimum Gasteiger partial charge on any atom is -0.508 e. The summed E-state index contributed by atoms with van der Waals surface area (Å²) in [6, 6.07) is 8.44. The second kappa shape index (κ2) is 9.98. The number of halogens is 2. The van der Waals surface area contributed by atoms with Crippen molar-refractivity contribution in [3.63, 3.8) is 0 Å². The van der Waals surface area contributed by atoms with E-state index in [0.717, 1.165) is 25.8 Å². The van der Waals surface area contributed by atoms with Gasteiger partial charge in [0.2, 0.25) is 0 Å². The van der Waals surface area contributed by atoms with E-state index in [1.165, 1.54) is 6.07 Å². The molecule has 1 saturated carbocycles. The topological polar surface area (TPSA) is 94.8 Å². The maximum Gasteiger partial charge on any atom is 0.319 e. The summed E-state index contributed by atoms with van der Waals surface area (Å²) >= 11 is 6.53. The number of fused-ring (bicyclic) bond motifs is 2. The molecule has 1 aliphatic heterocycles. The van der Waals surface area contributed by atoms with Crippen molar-refractivity contribution in [1.82, 2.24) is 19.9 Å². The Hall–Kier alpha value is -3.27. The highest BCUT2D eigenvalue weighted by Crippen LogP contribution is 2.46. The van der Waals surface area contributed by atoms with Gasteiger partial charge in [0.1, 0.15) is 22.8 Å². The Labute approximate surface area is 237 Å². The Bertz CT molecular complexity index is 1610. The molecule has 0 amide bonds. The van der Waals surface area contributed by atoms with Crippen LogP contribution < -0.4 is 9.64 Å². The number of nitrogens with zero attached hydrogens (tertiary/aromatic N) is 5. The second-order valence-corrected chi connectivity index (χ2v) is 12.3.